The second-order valence-corrected chi connectivity index (χ2v) is 9.25. The van der Waals surface area contributed by atoms with Crippen LogP contribution in [0.25, 0.3) is 0 Å². The second kappa shape index (κ2) is 9.74. The molecule has 0 radical (unpaired) electrons. The summed E-state index contributed by atoms with van der Waals surface area (Å²) in [5.41, 5.74) is 4.52. The van der Waals surface area contributed by atoms with Gasteiger partial charge in [-0.25, -0.2) is 0 Å². The van der Waals surface area contributed by atoms with Crippen molar-refractivity contribution < 1.29 is 18.0 Å². The van der Waals surface area contributed by atoms with E-state index in [1.54, 1.807) is 11.0 Å². The number of amides is 1. The molecule has 0 unspecified atom stereocenters. The van der Waals surface area contributed by atoms with Crippen LogP contribution in [0.2, 0.25) is 0 Å². The molecule has 2 aliphatic rings. The molecular weight excluding hydrogens is 451 g/mol. The van der Waals surface area contributed by atoms with Crippen LogP contribution in [0.15, 0.2) is 72.8 Å². The molecule has 0 atom stereocenters. The second-order valence-electron chi connectivity index (χ2n) is 9.25. The minimum atomic E-state index is -4.36. The lowest BCUT2D eigenvalue weighted by Crippen LogP contribution is -2.48. The van der Waals surface area contributed by atoms with Crippen molar-refractivity contribution >= 4 is 11.6 Å². The summed E-state index contributed by atoms with van der Waals surface area (Å²) >= 11 is 0. The third-order valence-electron chi connectivity index (χ3n) is 6.92. The van der Waals surface area contributed by atoms with Crippen LogP contribution >= 0.6 is 0 Å². The van der Waals surface area contributed by atoms with Gasteiger partial charge >= 0.3 is 6.18 Å². The van der Waals surface area contributed by atoms with Crippen molar-refractivity contribution in [2.24, 2.45) is 0 Å². The fourth-order valence-corrected chi connectivity index (χ4v) is 4.93. The van der Waals surface area contributed by atoms with Crippen molar-refractivity contribution in [1.82, 2.24) is 9.80 Å². The molecule has 0 aromatic heterocycles. The molecule has 5 rings (SSSR count). The van der Waals surface area contributed by atoms with Gasteiger partial charge in [-0.2, -0.15) is 13.2 Å². The largest absolute Gasteiger partial charge is 0.416 e. The predicted molar refractivity (Wildman–Crippen MR) is 130 cm³/mol. The molecule has 7 heteroatoms. The number of alkyl halides is 3. The molecule has 0 N–H and O–H groups in total. The Labute approximate surface area is 203 Å². The van der Waals surface area contributed by atoms with E-state index >= 15 is 0 Å². The molecule has 35 heavy (non-hydrogen) atoms. The van der Waals surface area contributed by atoms with Crippen molar-refractivity contribution in [3.63, 3.8) is 0 Å². The Morgan fingerprint density at radius 2 is 1.51 bits per heavy atom. The van der Waals surface area contributed by atoms with E-state index in [-0.39, 0.29) is 5.91 Å². The van der Waals surface area contributed by atoms with Crippen molar-refractivity contribution in [3.8, 4) is 0 Å². The van der Waals surface area contributed by atoms with Gasteiger partial charge in [0, 0.05) is 57.1 Å². The van der Waals surface area contributed by atoms with Gasteiger partial charge in [-0.05, 0) is 53.4 Å². The lowest BCUT2D eigenvalue weighted by Gasteiger charge is -2.36. The SMILES string of the molecule is O=C(c1ccc(CN2CCc3ccccc3C2)cc1)N1CCN(c2cccc(C(F)(F)F)c2)CC1. The van der Waals surface area contributed by atoms with E-state index in [1.807, 2.05) is 29.2 Å². The number of piperazine rings is 1. The number of carbonyl (C=O) groups excluding carboxylic acids is 1. The Kier molecular flexibility index (Phi) is 6.52. The van der Waals surface area contributed by atoms with Gasteiger partial charge in [0.2, 0.25) is 0 Å². The minimum absolute atomic E-state index is 0.0351. The maximum Gasteiger partial charge on any atom is 0.416 e. The smallest absolute Gasteiger partial charge is 0.368 e. The maximum atomic E-state index is 13.0. The molecule has 3 aromatic rings. The van der Waals surface area contributed by atoms with Crippen LogP contribution in [0.4, 0.5) is 18.9 Å². The molecule has 1 saturated heterocycles. The molecular formula is C28H28F3N3O. The standard InChI is InChI=1S/C28H28F3N3O/c29-28(30,31)25-6-3-7-26(18-25)33-14-16-34(17-15-33)27(35)23-10-8-21(9-11-23)19-32-13-12-22-4-1-2-5-24(22)20-32/h1-11,18H,12-17,19-20H2. The van der Waals surface area contributed by atoms with E-state index in [9.17, 15) is 18.0 Å². The Bertz CT molecular complexity index is 1180. The highest BCUT2D eigenvalue weighted by Crippen LogP contribution is 2.32. The highest BCUT2D eigenvalue weighted by atomic mass is 19.4. The average molecular weight is 480 g/mol. The van der Waals surface area contributed by atoms with Gasteiger partial charge in [-0.3, -0.25) is 9.69 Å². The van der Waals surface area contributed by atoms with Crippen molar-refractivity contribution in [3.05, 3.63) is 101 Å². The first-order valence-corrected chi connectivity index (χ1v) is 12.0. The molecule has 2 heterocycles. The van der Waals surface area contributed by atoms with Gasteiger partial charge < -0.3 is 9.80 Å². The van der Waals surface area contributed by atoms with E-state index in [4.69, 9.17) is 0 Å². The Balaban J connectivity index is 1.16. The molecule has 2 aliphatic heterocycles. The minimum Gasteiger partial charge on any atom is -0.368 e. The van der Waals surface area contributed by atoms with E-state index in [0.29, 0.717) is 37.4 Å². The fourth-order valence-electron chi connectivity index (χ4n) is 4.93. The monoisotopic (exact) mass is 479 g/mol. The zero-order chi connectivity index (χ0) is 24.4. The number of hydrogen-bond acceptors (Lipinski definition) is 3. The third-order valence-corrected chi connectivity index (χ3v) is 6.92. The Morgan fingerprint density at radius 3 is 2.23 bits per heavy atom. The summed E-state index contributed by atoms with van der Waals surface area (Å²) in [5, 5.41) is 0. The summed E-state index contributed by atoms with van der Waals surface area (Å²) in [6, 6.07) is 21.8. The number of anilines is 1. The number of carbonyl (C=O) groups is 1. The summed E-state index contributed by atoms with van der Waals surface area (Å²) < 4.78 is 39.1. The van der Waals surface area contributed by atoms with Crippen molar-refractivity contribution in [2.45, 2.75) is 25.7 Å². The normalized spacial score (nSPS) is 16.8. The lowest BCUT2D eigenvalue weighted by molar-refractivity contribution is -0.137. The van der Waals surface area contributed by atoms with Crippen LogP contribution in [0.5, 0.6) is 0 Å². The zero-order valence-electron chi connectivity index (χ0n) is 19.5. The van der Waals surface area contributed by atoms with Gasteiger partial charge in [0.15, 0.2) is 0 Å². The highest BCUT2D eigenvalue weighted by Gasteiger charge is 2.31. The number of benzene rings is 3. The average Bonchev–Trinajstić information content (AvgIpc) is 2.88. The van der Waals surface area contributed by atoms with Crippen molar-refractivity contribution in [2.75, 3.05) is 37.6 Å². The van der Waals surface area contributed by atoms with E-state index < -0.39 is 11.7 Å². The summed E-state index contributed by atoms with van der Waals surface area (Å²) in [6.07, 6.45) is -3.31. The zero-order valence-corrected chi connectivity index (χ0v) is 19.5. The summed E-state index contributed by atoms with van der Waals surface area (Å²) in [4.78, 5) is 19.1. The van der Waals surface area contributed by atoms with Crippen LogP contribution < -0.4 is 4.90 Å². The highest BCUT2D eigenvalue weighted by molar-refractivity contribution is 5.94. The van der Waals surface area contributed by atoms with E-state index in [0.717, 1.165) is 32.1 Å². The molecule has 3 aromatic carbocycles. The molecule has 0 saturated carbocycles. The van der Waals surface area contributed by atoms with Gasteiger partial charge in [-0.1, -0.05) is 42.5 Å². The van der Waals surface area contributed by atoms with Crippen LogP contribution in [0.1, 0.15) is 32.6 Å². The van der Waals surface area contributed by atoms with Crippen molar-refractivity contribution in [1.29, 1.82) is 0 Å². The van der Waals surface area contributed by atoms with Crippen LogP contribution in [-0.2, 0) is 25.7 Å². The summed E-state index contributed by atoms with van der Waals surface area (Å²) in [5.74, 6) is -0.0351. The molecule has 0 bridgehead atoms. The number of nitrogens with zero attached hydrogens (tertiary/aromatic N) is 3. The van der Waals surface area contributed by atoms with E-state index in [2.05, 4.69) is 29.2 Å². The Hall–Kier alpha value is -3.32. The van der Waals surface area contributed by atoms with Gasteiger partial charge in [0.25, 0.3) is 5.91 Å². The topological polar surface area (TPSA) is 26.8 Å². The van der Waals surface area contributed by atoms with Crippen LogP contribution in [0, 0.1) is 0 Å². The van der Waals surface area contributed by atoms with Crippen LogP contribution in [-0.4, -0.2) is 48.4 Å². The van der Waals surface area contributed by atoms with Gasteiger partial charge in [-0.15, -0.1) is 0 Å². The lowest BCUT2D eigenvalue weighted by atomic mass is 9.99. The quantitative estimate of drug-likeness (QED) is 0.513. The first-order valence-electron chi connectivity index (χ1n) is 12.0. The molecule has 1 amide bonds. The van der Waals surface area contributed by atoms with E-state index in [1.165, 1.54) is 28.8 Å². The number of rotatable bonds is 4. The molecule has 0 aliphatic carbocycles. The van der Waals surface area contributed by atoms with Crippen LogP contribution in [0.3, 0.4) is 0 Å². The molecule has 4 nitrogen and oxygen atoms in total. The Morgan fingerprint density at radius 1 is 0.800 bits per heavy atom. The van der Waals surface area contributed by atoms with Gasteiger partial charge in [0.05, 0.1) is 5.56 Å². The number of hydrogen-bond donors (Lipinski definition) is 0. The molecule has 182 valence electrons. The first kappa shape index (κ1) is 23.4. The number of halogens is 3. The molecule has 0 spiro atoms. The fraction of sp³-hybridized carbons (Fsp3) is 0.321. The number of fused-ring (bicyclic) bond motifs is 1. The molecule has 1 fully saturated rings. The first-order chi connectivity index (χ1) is 16.9. The summed E-state index contributed by atoms with van der Waals surface area (Å²) in [6.45, 7) is 4.76. The van der Waals surface area contributed by atoms with Gasteiger partial charge in [0.1, 0.15) is 0 Å². The third kappa shape index (κ3) is 5.35. The maximum absolute atomic E-state index is 13.0. The predicted octanol–water partition coefficient (Wildman–Crippen LogP) is 5.23. The summed E-state index contributed by atoms with van der Waals surface area (Å²) in [7, 11) is 0.